The van der Waals surface area contributed by atoms with E-state index in [9.17, 15) is 4.79 Å². The zero-order chi connectivity index (χ0) is 11.5. The minimum atomic E-state index is -1.17. The second-order valence-electron chi connectivity index (χ2n) is 4.16. The fourth-order valence-electron chi connectivity index (χ4n) is 2.04. The molecule has 1 N–H and O–H groups in total. The molecule has 88 valence electrons. The van der Waals surface area contributed by atoms with Crippen molar-refractivity contribution in [3.8, 4) is 0 Å². The maximum Gasteiger partial charge on any atom is 0.394 e. The van der Waals surface area contributed by atoms with E-state index >= 15 is 0 Å². The third kappa shape index (κ3) is 2.38. The van der Waals surface area contributed by atoms with E-state index < -0.39 is 5.97 Å². The van der Waals surface area contributed by atoms with Crippen molar-refractivity contribution in [3.63, 3.8) is 0 Å². The number of hydrogen-bond donors (Lipinski definition) is 1. The van der Waals surface area contributed by atoms with Gasteiger partial charge in [0.15, 0.2) is 5.82 Å². The summed E-state index contributed by atoms with van der Waals surface area (Å²) in [4.78, 5) is 16.7. The van der Waals surface area contributed by atoms with Crippen LogP contribution in [0, 0.1) is 0 Å². The highest BCUT2D eigenvalue weighted by molar-refractivity contribution is 5.81. The Kier molecular flexibility index (Phi) is 3.19. The molecule has 1 aromatic rings. The molecule has 1 saturated heterocycles. The predicted molar refractivity (Wildman–Crippen MR) is 55.2 cm³/mol. The van der Waals surface area contributed by atoms with Crippen molar-refractivity contribution in [1.82, 2.24) is 15.0 Å². The molecule has 0 bridgehead atoms. The van der Waals surface area contributed by atoms with Gasteiger partial charge in [0, 0.05) is 12.5 Å². The summed E-state index contributed by atoms with van der Waals surface area (Å²) < 4.78 is 4.62. The van der Waals surface area contributed by atoms with Gasteiger partial charge < -0.3 is 14.5 Å². The average molecular weight is 225 g/mol. The Hall–Kier alpha value is -1.43. The topological polar surface area (TPSA) is 79.5 Å². The maximum absolute atomic E-state index is 10.6. The molecule has 6 heteroatoms. The third-order valence-corrected chi connectivity index (χ3v) is 2.99. The number of rotatable bonds is 3. The maximum atomic E-state index is 10.6. The highest BCUT2D eigenvalue weighted by Gasteiger charge is 2.22. The van der Waals surface area contributed by atoms with Crippen molar-refractivity contribution < 1.29 is 14.4 Å². The standard InChI is InChI=1S/C10H15N3O3/c1-13-5-3-2-4-7(13)6-8-11-9(10(14)15)16-12-8/h7H,2-6H2,1H3,(H,14,15). The van der Waals surface area contributed by atoms with Crippen LogP contribution in [0.1, 0.15) is 35.8 Å². The number of aromatic carboxylic acids is 1. The first-order valence-electron chi connectivity index (χ1n) is 5.43. The van der Waals surface area contributed by atoms with E-state index in [2.05, 4.69) is 26.6 Å². The fourth-order valence-corrected chi connectivity index (χ4v) is 2.04. The Balaban J connectivity index is 1.99. The molecule has 1 fully saturated rings. The van der Waals surface area contributed by atoms with Crippen molar-refractivity contribution >= 4 is 5.97 Å². The fraction of sp³-hybridized carbons (Fsp3) is 0.700. The summed E-state index contributed by atoms with van der Waals surface area (Å²) in [6, 6.07) is 0.396. The number of carbonyl (C=O) groups is 1. The average Bonchev–Trinajstić information content (AvgIpc) is 2.70. The van der Waals surface area contributed by atoms with Crippen molar-refractivity contribution in [2.75, 3.05) is 13.6 Å². The Bertz CT molecular complexity index is 377. The first kappa shape index (κ1) is 11.1. The van der Waals surface area contributed by atoms with Gasteiger partial charge in [-0.2, -0.15) is 4.98 Å². The monoisotopic (exact) mass is 225 g/mol. The second kappa shape index (κ2) is 4.61. The van der Waals surface area contributed by atoms with Crippen molar-refractivity contribution in [2.24, 2.45) is 0 Å². The summed E-state index contributed by atoms with van der Waals surface area (Å²) in [6.45, 7) is 1.08. The minimum absolute atomic E-state index is 0.325. The Morgan fingerprint density at radius 3 is 3.06 bits per heavy atom. The molecular formula is C10H15N3O3. The molecule has 2 heterocycles. The number of piperidine rings is 1. The van der Waals surface area contributed by atoms with E-state index in [-0.39, 0.29) is 5.89 Å². The summed E-state index contributed by atoms with van der Waals surface area (Å²) in [5.41, 5.74) is 0. The van der Waals surface area contributed by atoms with Crippen molar-refractivity contribution in [2.45, 2.75) is 31.7 Å². The van der Waals surface area contributed by atoms with Gasteiger partial charge in [0.1, 0.15) is 0 Å². The number of carboxylic acid groups (broad SMARTS) is 1. The number of likely N-dealkylation sites (N-methyl/N-ethyl adjacent to an activating group) is 1. The van der Waals surface area contributed by atoms with Crippen LogP contribution in [0.25, 0.3) is 0 Å². The Morgan fingerprint density at radius 2 is 2.44 bits per heavy atom. The van der Waals surface area contributed by atoms with E-state index in [0.29, 0.717) is 18.3 Å². The lowest BCUT2D eigenvalue weighted by Gasteiger charge is -2.31. The van der Waals surface area contributed by atoms with E-state index in [0.717, 1.165) is 13.0 Å². The van der Waals surface area contributed by atoms with Crippen molar-refractivity contribution in [1.29, 1.82) is 0 Å². The molecule has 16 heavy (non-hydrogen) atoms. The SMILES string of the molecule is CN1CCCCC1Cc1noc(C(=O)O)n1. The molecular weight excluding hydrogens is 210 g/mol. The van der Waals surface area contributed by atoms with Crippen LogP contribution in [-0.4, -0.2) is 45.8 Å². The largest absolute Gasteiger partial charge is 0.474 e. The number of hydrogen-bond acceptors (Lipinski definition) is 5. The van der Waals surface area contributed by atoms with Crippen LogP contribution in [0.3, 0.4) is 0 Å². The quantitative estimate of drug-likeness (QED) is 0.819. The molecule has 1 aliphatic rings. The van der Waals surface area contributed by atoms with Crippen LogP contribution in [0.4, 0.5) is 0 Å². The molecule has 1 atom stereocenters. The first-order chi connectivity index (χ1) is 7.66. The normalized spacial score (nSPS) is 22.2. The second-order valence-corrected chi connectivity index (χ2v) is 4.16. The van der Waals surface area contributed by atoms with E-state index in [1.54, 1.807) is 0 Å². The zero-order valence-corrected chi connectivity index (χ0v) is 9.22. The Labute approximate surface area is 93.2 Å². The van der Waals surface area contributed by atoms with E-state index in [1.807, 2.05) is 0 Å². The Morgan fingerprint density at radius 1 is 1.62 bits per heavy atom. The predicted octanol–water partition coefficient (Wildman–Crippen LogP) is 0.795. The number of carboxylic acids is 1. The summed E-state index contributed by atoms with van der Waals surface area (Å²) in [5, 5.41) is 12.3. The molecule has 2 rings (SSSR count). The molecule has 0 aliphatic carbocycles. The highest BCUT2D eigenvalue weighted by Crippen LogP contribution is 2.17. The third-order valence-electron chi connectivity index (χ3n) is 2.99. The molecule has 1 aliphatic heterocycles. The molecule has 1 aromatic heterocycles. The van der Waals surface area contributed by atoms with Crippen LogP contribution < -0.4 is 0 Å². The molecule has 0 amide bonds. The van der Waals surface area contributed by atoms with E-state index in [1.165, 1.54) is 12.8 Å². The van der Waals surface area contributed by atoms with Crippen molar-refractivity contribution in [3.05, 3.63) is 11.7 Å². The lowest BCUT2D eigenvalue weighted by Crippen LogP contribution is -2.37. The van der Waals surface area contributed by atoms with Crippen LogP contribution in [0.5, 0.6) is 0 Å². The van der Waals surface area contributed by atoms with Gasteiger partial charge in [0.05, 0.1) is 0 Å². The van der Waals surface area contributed by atoms with Gasteiger partial charge >= 0.3 is 11.9 Å². The number of nitrogens with zero attached hydrogens (tertiary/aromatic N) is 3. The smallest absolute Gasteiger partial charge is 0.394 e. The van der Waals surface area contributed by atoms with E-state index in [4.69, 9.17) is 5.11 Å². The lowest BCUT2D eigenvalue weighted by molar-refractivity contribution is 0.0643. The molecule has 0 spiro atoms. The van der Waals surface area contributed by atoms with Crippen LogP contribution in [0.15, 0.2) is 4.52 Å². The van der Waals surface area contributed by atoms with Gasteiger partial charge in [-0.05, 0) is 26.4 Å². The lowest BCUT2D eigenvalue weighted by atomic mass is 10.00. The molecule has 1 unspecified atom stereocenters. The summed E-state index contributed by atoms with van der Waals surface area (Å²) >= 11 is 0. The van der Waals surface area contributed by atoms with Crippen LogP contribution in [0.2, 0.25) is 0 Å². The highest BCUT2D eigenvalue weighted by atomic mass is 16.5. The van der Waals surface area contributed by atoms with Gasteiger partial charge in [-0.3, -0.25) is 0 Å². The van der Waals surface area contributed by atoms with Crippen LogP contribution >= 0.6 is 0 Å². The first-order valence-corrected chi connectivity index (χ1v) is 5.43. The zero-order valence-electron chi connectivity index (χ0n) is 9.22. The summed E-state index contributed by atoms with van der Waals surface area (Å²) in [7, 11) is 2.07. The number of likely N-dealkylation sites (tertiary alicyclic amines) is 1. The summed E-state index contributed by atoms with van der Waals surface area (Å²) in [6.07, 6.45) is 4.19. The van der Waals surface area contributed by atoms with Gasteiger partial charge in [-0.1, -0.05) is 11.6 Å². The molecule has 6 nitrogen and oxygen atoms in total. The number of aromatic nitrogens is 2. The molecule has 0 aromatic carbocycles. The minimum Gasteiger partial charge on any atom is -0.474 e. The summed E-state index contributed by atoms with van der Waals surface area (Å²) in [5.74, 6) is -1.01. The van der Waals surface area contributed by atoms with Gasteiger partial charge in [0.2, 0.25) is 0 Å². The molecule has 0 radical (unpaired) electrons. The van der Waals surface area contributed by atoms with Crippen LogP contribution in [-0.2, 0) is 6.42 Å². The molecule has 0 saturated carbocycles. The van der Waals surface area contributed by atoms with Gasteiger partial charge in [0.25, 0.3) is 0 Å². The van der Waals surface area contributed by atoms with Gasteiger partial charge in [-0.15, -0.1) is 0 Å². The van der Waals surface area contributed by atoms with Gasteiger partial charge in [-0.25, -0.2) is 4.79 Å².